The van der Waals surface area contributed by atoms with Crippen molar-refractivity contribution in [1.82, 2.24) is 5.32 Å². The molecule has 1 aliphatic rings. The molecule has 0 aromatic heterocycles. The standard InChI is InChI=1S/C21H26N2O.ClH/c22-15-20(18-9-5-2-6-10-18)21(24)23-19-13-11-17(12-14-19)16-7-3-1-4-8-16;/h1-10,17,19-20H,11-15,22H2,(H,23,24);1H. The summed E-state index contributed by atoms with van der Waals surface area (Å²) < 4.78 is 0. The highest BCUT2D eigenvalue weighted by Crippen LogP contribution is 2.32. The van der Waals surface area contributed by atoms with Crippen LogP contribution < -0.4 is 11.1 Å². The molecule has 1 saturated carbocycles. The van der Waals surface area contributed by atoms with Crippen LogP contribution in [0.2, 0.25) is 0 Å². The van der Waals surface area contributed by atoms with E-state index in [4.69, 9.17) is 5.73 Å². The van der Waals surface area contributed by atoms with Gasteiger partial charge in [-0.3, -0.25) is 4.79 Å². The van der Waals surface area contributed by atoms with Gasteiger partial charge in [-0.15, -0.1) is 12.4 Å². The summed E-state index contributed by atoms with van der Waals surface area (Å²) in [4.78, 5) is 12.6. The molecule has 1 atom stereocenters. The van der Waals surface area contributed by atoms with Gasteiger partial charge in [-0.25, -0.2) is 0 Å². The number of carbonyl (C=O) groups excluding carboxylic acids is 1. The van der Waals surface area contributed by atoms with Crippen molar-refractivity contribution < 1.29 is 4.79 Å². The molecule has 0 heterocycles. The maximum absolute atomic E-state index is 12.6. The van der Waals surface area contributed by atoms with E-state index in [1.807, 2.05) is 30.3 Å². The van der Waals surface area contributed by atoms with Crippen molar-refractivity contribution >= 4 is 18.3 Å². The number of carbonyl (C=O) groups is 1. The van der Waals surface area contributed by atoms with Crippen LogP contribution in [0.3, 0.4) is 0 Å². The van der Waals surface area contributed by atoms with E-state index in [0.717, 1.165) is 31.2 Å². The molecule has 0 spiro atoms. The molecule has 0 saturated heterocycles. The van der Waals surface area contributed by atoms with Gasteiger partial charge in [0.2, 0.25) is 5.91 Å². The summed E-state index contributed by atoms with van der Waals surface area (Å²) in [6, 6.07) is 20.8. The number of hydrogen-bond acceptors (Lipinski definition) is 2. The van der Waals surface area contributed by atoms with Crippen molar-refractivity contribution in [3.8, 4) is 0 Å². The van der Waals surface area contributed by atoms with E-state index >= 15 is 0 Å². The van der Waals surface area contributed by atoms with Gasteiger partial charge in [-0.1, -0.05) is 60.7 Å². The van der Waals surface area contributed by atoms with Crippen molar-refractivity contribution in [1.29, 1.82) is 0 Å². The topological polar surface area (TPSA) is 55.1 Å². The molecule has 3 rings (SSSR count). The zero-order valence-electron chi connectivity index (χ0n) is 14.4. The minimum atomic E-state index is -0.252. The van der Waals surface area contributed by atoms with Gasteiger partial charge in [0.1, 0.15) is 0 Å². The summed E-state index contributed by atoms with van der Waals surface area (Å²) in [7, 11) is 0. The van der Waals surface area contributed by atoms with Crippen LogP contribution in [-0.2, 0) is 4.79 Å². The van der Waals surface area contributed by atoms with E-state index in [-0.39, 0.29) is 30.3 Å². The van der Waals surface area contributed by atoms with Gasteiger partial charge in [0.25, 0.3) is 0 Å². The zero-order chi connectivity index (χ0) is 16.8. The van der Waals surface area contributed by atoms with Crippen LogP contribution in [0.1, 0.15) is 48.6 Å². The van der Waals surface area contributed by atoms with Gasteiger partial charge in [0, 0.05) is 12.6 Å². The van der Waals surface area contributed by atoms with Crippen LogP contribution in [0, 0.1) is 0 Å². The molecule has 3 N–H and O–H groups in total. The lowest BCUT2D eigenvalue weighted by atomic mass is 9.81. The van der Waals surface area contributed by atoms with E-state index in [0.29, 0.717) is 12.5 Å². The summed E-state index contributed by atoms with van der Waals surface area (Å²) >= 11 is 0. The van der Waals surface area contributed by atoms with Gasteiger partial charge in [0.05, 0.1) is 5.92 Å². The first-order valence-corrected chi connectivity index (χ1v) is 8.88. The molecule has 1 amide bonds. The van der Waals surface area contributed by atoms with E-state index in [1.54, 1.807) is 0 Å². The predicted octanol–water partition coefficient (Wildman–Crippen LogP) is 3.99. The molecule has 0 bridgehead atoms. The highest BCUT2D eigenvalue weighted by atomic mass is 35.5. The second-order valence-electron chi connectivity index (χ2n) is 6.67. The summed E-state index contributed by atoms with van der Waals surface area (Å²) in [5, 5.41) is 3.22. The molecular formula is C21H27ClN2O. The molecule has 1 aliphatic carbocycles. The first kappa shape index (κ1) is 19.5. The Bertz CT molecular complexity index is 639. The van der Waals surface area contributed by atoms with Crippen LogP contribution >= 0.6 is 12.4 Å². The monoisotopic (exact) mass is 358 g/mol. The van der Waals surface area contributed by atoms with E-state index in [2.05, 4.69) is 35.6 Å². The number of benzene rings is 2. The Morgan fingerprint density at radius 1 is 0.960 bits per heavy atom. The summed E-state index contributed by atoms with van der Waals surface area (Å²) in [6.45, 7) is 0.342. The molecule has 2 aromatic carbocycles. The number of rotatable bonds is 5. The van der Waals surface area contributed by atoms with Crippen LogP contribution in [0.5, 0.6) is 0 Å². The van der Waals surface area contributed by atoms with E-state index in [1.165, 1.54) is 5.56 Å². The number of hydrogen-bond donors (Lipinski definition) is 2. The molecule has 0 radical (unpaired) electrons. The van der Waals surface area contributed by atoms with E-state index in [9.17, 15) is 4.79 Å². The van der Waals surface area contributed by atoms with Crippen molar-refractivity contribution in [3.63, 3.8) is 0 Å². The van der Waals surface area contributed by atoms with E-state index < -0.39 is 0 Å². The first-order chi connectivity index (χ1) is 11.8. The van der Waals surface area contributed by atoms with Crippen molar-refractivity contribution in [2.75, 3.05) is 6.54 Å². The minimum absolute atomic E-state index is 0. The maximum atomic E-state index is 12.6. The molecule has 25 heavy (non-hydrogen) atoms. The summed E-state index contributed by atoms with van der Waals surface area (Å²) in [6.07, 6.45) is 4.34. The minimum Gasteiger partial charge on any atom is -0.353 e. The summed E-state index contributed by atoms with van der Waals surface area (Å²) in [5.74, 6) is 0.434. The largest absolute Gasteiger partial charge is 0.353 e. The maximum Gasteiger partial charge on any atom is 0.229 e. The van der Waals surface area contributed by atoms with Crippen LogP contribution in [0.4, 0.5) is 0 Å². The lowest BCUT2D eigenvalue weighted by molar-refractivity contribution is -0.123. The number of nitrogens with two attached hydrogens (primary N) is 1. The number of nitrogens with one attached hydrogen (secondary N) is 1. The fourth-order valence-electron chi connectivity index (χ4n) is 3.68. The van der Waals surface area contributed by atoms with Gasteiger partial charge < -0.3 is 11.1 Å². The Morgan fingerprint density at radius 3 is 2.08 bits per heavy atom. The molecule has 134 valence electrons. The predicted molar refractivity (Wildman–Crippen MR) is 105 cm³/mol. The SMILES string of the molecule is Cl.NCC(C(=O)NC1CCC(c2ccccc2)CC1)c1ccccc1. The first-order valence-electron chi connectivity index (χ1n) is 8.88. The lowest BCUT2D eigenvalue weighted by Gasteiger charge is -2.30. The number of halogens is 1. The molecule has 1 fully saturated rings. The Kier molecular flexibility index (Phi) is 7.48. The molecule has 4 heteroatoms. The quantitative estimate of drug-likeness (QED) is 0.848. The Balaban J connectivity index is 0.00000225. The molecule has 0 aliphatic heterocycles. The second-order valence-corrected chi connectivity index (χ2v) is 6.67. The highest BCUT2D eigenvalue weighted by molar-refractivity contribution is 5.85. The van der Waals surface area contributed by atoms with Gasteiger partial charge >= 0.3 is 0 Å². The Hall–Kier alpha value is -1.84. The highest BCUT2D eigenvalue weighted by Gasteiger charge is 2.26. The Morgan fingerprint density at radius 2 is 1.52 bits per heavy atom. The molecule has 2 aromatic rings. The smallest absolute Gasteiger partial charge is 0.229 e. The van der Waals surface area contributed by atoms with Crippen molar-refractivity contribution in [2.45, 2.75) is 43.6 Å². The fraction of sp³-hybridized carbons (Fsp3) is 0.381. The lowest BCUT2D eigenvalue weighted by Crippen LogP contribution is -2.41. The molecule has 1 unspecified atom stereocenters. The molecular weight excluding hydrogens is 332 g/mol. The fourth-order valence-corrected chi connectivity index (χ4v) is 3.68. The van der Waals surface area contributed by atoms with Crippen LogP contribution in [0.25, 0.3) is 0 Å². The Labute approximate surface area is 156 Å². The molecule has 3 nitrogen and oxygen atoms in total. The van der Waals surface area contributed by atoms with Gasteiger partial charge in [-0.2, -0.15) is 0 Å². The third kappa shape index (κ3) is 5.07. The summed E-state index contributed by atoms with van der Waals surface area (Å²) in [5.41, 5.74) is 8.27. The average Bonchev–Trinajstić information content (AvgIpc) is 2.64. The number of amides is 1. The zero-order valence-corrected chi connectivity index (χ0v) is 15.3. The van der Waals surface area contributed by atoms with Crippen LogP contribution in [0.15, 0.2) is 60.7 Å². The van der Waals surface area contributed by atoms with Gasteiger partial charge in [0.15, 0.2) is 0 Å². The van der Waals surface area contributed by atoms with Crippen molar-refractivity contribution in [2.24, 2.45) is 5.73 Å². The van der Waals surface area contributed by atoms with Crippen LogP contribution in [-0.4, -0.2) is 18.5 Å². The van der Waals surface area contributed by atoms with Gasteiger partial charge in [-0.05, 0) is 42.7 Å². The third-order valence-corrected chi connectivity index (χ3v) is 5.10. The van der Waals surface area contributed by atoms with Crippen molar-refractivity contribution in [3.05, 3.63) is 71.8 Å². The third-order valence-electron chi connectivity index (χ3n) is 5.10. The second kappa shape index (κ2) is 9.59. The average molecular weight is 359 g/mol. The normalized spacial score (nSPS) is 21.0.